The van der Waals surface area contributed by atoms with Crippen molar-refractivity contribution in [3.63, 3.8) is 0 Å². The van der Waals surface area contributed by atoms with Gasteiger partial charge in [0.1, 0.15) is 0 Å². The van der Waals surface area contributed by atoms with E-state index in [0.29, 0.717) is 5.02 Å². The molecule has 0 saturated carbocycles. The second-order valence-electron chi connectivity index (χ2n) is 3.56. The number of fused-ring (bicyclic) bond motifs is 1. The van der Waals surface area contributed by atoms with Crippen molar-refractivity contribution in [2.75, 3.05) is 0 Å². The van der Waals surface area contributed by atoms with E-state index in [4.69, 9.17) is 16.8 Å². The summed E-state index contributed by atoms with van der Waals surface area (Å²) in [5, 5.41) is 12.9. The van der Waals surface area contributed by atoms with Crippen molar-refractivity contribution in [1.29, 1.82) is 0 Å². The zero-order valence-electron chi connectivity index (χ0n) is 7.83. The molecule has 1 N–H and O–H groups in total. The van der Waals surface area contributed by atoms with Crippen molar-refractivity contribution in [3.8, 4) is 0 Å². The third-order valence-corrected chi connectivity index (χ3v) is 2.85. The average molecular weight is 210 g/mol. The highest BCUT2D eigenvalue weighted by atomic mass is 35.5. The molecule has 14 heavy (non-hydrogen) atoms. The summed E-state index contributed by atoms with van der Waals surface area (Å²) < 4.78 is 0. The predicted molar refractivity (Wildman–Crippen MR) is 57.3 cm³/mol. The van der Waals surface area contributed by atoms with Gasteiger partial charge in [-0.25, -0.2) is 0 Å². The largest absolute Gasteiger partial charge is 0.411 e. The number of aryl methyl sites for hydroxylation is 1. The molecule has 0 saturated heterocycles. The standard InChI is InChI=1S/C11H12ClNO/c12-9-6-5-8-3-1-2-4-11(13-14)10(8)7-9/h5-7,14H,1-4H2. The topological polar surface area (TPSA) is 32.6 Å². The summed E-state index contributed by atoms with van der Waals surface area (Å²) in [7, 11) is 0. The highest BCUT2D eigenvalue weighted by Gasteiger charge is 2.14. The van der Waals surface area contributed by atoms with E-state index in [9.17, 15) is 0 Å². The Kier molecular flexibility index (Phi) is 2.73. The zero-order valence-corrected chi connectivity index (χ0v) is 8.59. The fourth-order valence-electron chi connectivity index (χ4n) is 1.88. The van der Waals surface area contributed by atoms with Crippen LogP contribution in [0.3, 0.4) is 0 Å². The van der Waals surface area contributed by atoms with Crippen LogP contribution in [0.15, 0.2) is 23.4 Å². The molecule has 0 radical (unpaired) electrons. The first-order valence-electron chi connectivity index (χ1n) is 4.81. The van der Waals surface area contributed by atoms with Gasteiger partial charge in [-0.1, -0.05) is 22.8 Å². The second-order valence-corrected chi connectivity index (χ2v) is 3.99. The minimum absolute atomic E-state index is 0.701. The van der Waals surface area contributed by atoms with E-state index >= 15 is 0 Å². The molecule has 0 spiro atoms. The number of halogens is 1. The predicted octanol–water partition coefficient (Wildman–Crippen LogP) is 3.24. The normalized spacial score (nSPS) is 19.1. The lowest BCUT2D eigenvalue weighted by Gasteiger charge is -2.06. The Balaban J connectivity index is 2.51. The zero-order chi connectivity index (χ0) is 9.97. The van der Waals surface area contributed by atoms with E-state index in [1.54, 1.807) is 0 Å². The Hall–Kier alpha value is -1.02. The molecule has 0 aromatic heterocycles. The van der Waals surface area contributed by atoms with Crippen LogP contribution in [0.1, 0.15) is 30.4 Å². The van der Waals surface area contributed by atoms with Crippen LogP contribution in [0.5, 0.6) is 0 Å². The second kappa shape index (κ2) is 4.01. The van der Waals surface area contributed by atoms with Crippen LogP contribution in [-0.2, 0) is 6.42 Å². The molecule has 0 bridgehead atoms. The molecule has 3 heteroatoms. The quantitative estimate of drug-likeness (QED) is 0.397. The lowest BCUT2D eigenvalue weighted by molar-refractivity contribution is 0.318. The Bertz CT molecular complexity index is 374. The van der Waals surface area contributed by atoms with Gasteiger partial charge >= 0.3 is 0 Å². The number of benzene rings is 1. The molecular weight excluding hydrogens is 198 g/mol. The molecule has 0 amide bonds. The molecule has 0 aliphatic heterocycles. The highest BCUT2D eigenvalue weighted by molar-refractivity contribution is 6.31. The number of hydrogen-bond acceptors (Lipinski definition) is 2. The van der Waals surface area contributed by atoms with Crippen LogP contribution >= 0.6 is 11.6 Å². The van der Waals surface area contributed by atoms with Gasteiger partial charge in [-0.05, 0) is 43.4 Å². The van der Waals surface area contributed by atoms with Gasteiger partial charge in [-0.2, -0.15) is 0 Å². The van der Waals surface area contributed by atoms with Gasteiger partial charge in [0.15, 0.2) is 0 Å². The van der Waals surface area contributed by atoms with E-state index in [1.165, 1.54) is 5.56 Å². The van der Waals surface area contributed by atoms with Gasteiger partial charge in [-0.15, -0.1) is 0 Å². The maximum atomic E-state index is 8.90. The summed E-state index contributed by atoms with van der Waals surface area (Å²) in [6.45, 7) is 0. The van der Waals surface area contributed by atoms with Crippen LogP contribution in [-0.4, -0.2) is 10.9 Å². The van der Waals surface area contributed by atoms with Crippen LogP contribution in [0.2, 0.25) is 5.02 Å². The van der Waals surface area contributed by atoms with Crippen LogP contribution < -0.4 is 0 Å². The van der Waals surface area contributed by atoms with Gasteiger partial charge in [0.2, 0.25) is 0 Å². The van der Waals surface area contributed by atoms with Crippen LogP contribution in [0.25, 0.3) is 0 Å². The molecule has 2 nitrogen and oxygen atoms in total. The fourth-order valence-corrected chi connectivity index (χ4v) is 2.05. The Morgan fingerprint density at radius 1 is 1.21 bits per heavy atom. The van der Waals surface area contributed by atoms with Crippen molar-refractivity contribution in [2.45, 2.75) is 25.7 Å². The molecule has 1 aliphatic carbocycles. The van der Waals surface area contributed by atoms with E-state index in [1.807, 2.05) is 18.2 Å². The Morgan fingerprint density at radius 2 is 2.00 bits per heavy atom. The molecule has 1 aromatic carbocycles. The van der Waals surface area contributed by atoms with E-state index in [2.05, 4.69) is 5.16 Å². The summed E-state index contributed by atoms with van der Waals surface area (Å²) in [6.07, 6.45) is 4.11. The molecule has 0 fully saturated rings. The molecular formula is C11H12ClNO. The highest BCUT2D eigenvalue weighted by Crippen LogP contribution is 2.24. The van der Waals surface area contributed by atoms with Crippen molar-refractivity contribution < 1.29 is 5.21 Å². The molecule has 0 atom stereocenters. The third-order valence-electron chi connectivity index (χ3n) is 2.61. The van der Waals surface area contributed by atoms with Crippen molar-refractivity contribution in [2.24, 2.45) is 5.16 Å². The lowest BCUT2D eigenvalue weighted by Crippen LogP contribution is -2.01. The molecule has 0 heterocycles. The lowest BCUT2D eigenvalue weighted by atomic mass is 10.0. The summed E-state index contributed by atoms with van der Waals surface area (Å²) >= 11 is 5.92. The van der Waals surface area contributed by atoms with E-state index in [0.717, 1.165) is 37.0 Å². The maximum absolute atomic E-state index is 8.90. The first-order valence-corrected chi connectivity index (χ1v) is 5.19. The molecule has 1 aromatic rings. The first kappa shape index (κ1) is 9.53. The van der Waals surface area contributed by atoms with Gasteiger partial charge < -0.3 is 5.21 Å². The van der Waals surface area contributed by atoms with Gasteiger partial charge in [0.05, 0.1) is 5.71 Å². The van der Waals surface area contributed by atoms with Crippen molar-refractivity contribution >= 4 is 17.3 Å². The number of rotatable bonds is 0. The molecule has 1 aliphatic rings. The first-order chi connectivity index (χ1) is 6.81. The van der Waals surface area contributed by atoms with Gasteiger partial charge in [0, 0.05) is 10.6 Å². The summed E-state index contributed by atoms with van der Waals surface area (Å²) in [6, 6.07) is 5.80. The van der Waals surface area contributed by atoms with Gasteiger partial charge in [0.25, 0.3) is 0 Å². The van der Waals surface area contributed by atoms with E-state index in [-0.39, 0.29) is 0 Å². The van der Waals surface area contributed by atoms with E-state index < -0.39 is 0 Å². The Labute approximate surface area is 88.2 Å². The van der Waals surface area contributed by atoms with Gasteiger partial charge in [-0.3, -0.25) is 0 Å². The monoisotopic (exact) mass is 209 g/mol. The molecule has 2 rings (SSSR count). The maximum Gasteiger partial charge on any atom is 0.0871 e. The summed E-state index contributed by atoms with van der Waals surface area (Å²) in [5.74, 6) is 0. The average Bonchev–Trinajstić information content (AvgIpc) is 2.39. The van der Waals surface area contributed by atoms with Crippen molar-refractivity contribution in [3.05, 3.63) is 34.3 Å². The van der Waals surface area contributed by atoms with Crippen LogP contribution in [0, 0.1) is 0 Å². The summed E-state index contributed by atoms with van der Waals surface area (Å²) in [5.41, 5.74) is 3.01. The minimum atomic E-state index is 0.701. The Morgan fingerprint density at radius 3 is 2.79 bits per heavy atom. The fraction of sp³-hybridized carbons (Fsp3) is 0.364. The smallest absolute Gasteiger partial charge is 0.0871 e. The van der Waals surface area contributed by atoms with Crippen molar-refractivity contribution in [1.82, 2.24) is 0 Å². The SMILES string of the molecule is ON=C1CCCCc2ccc(Cl)cc21. The van der Waals surface area contributed by atoms with Crippen LogP contribution in [0.4, 0.5) is 0 Å². The third kappa shape index (κ3) is 1.75. The molecule has 74 valence electrons. The summed E-state index contributed by atoms with van der Waals surface area (Å²) in [4.78, 5) is 0. The molecule has 0 unspecified atom stereocenters. The number of oxime groups is 1. The number of nitrogens with zero attached hydrogens (tertiary/aromatic N) is 1. The minimum Gasteiger partial charge on any atom is -0.411 e. The number of hydrogen-bond donors (Lipinski definition) is 1.